The number of non-ortho nitro benzene ring substituents is 1. The Morgan fingerprint density at radius 3 is 2.47 bits per heavy atom. The molecule has 2 aromatic carbocycles. The van der Waals surface area contributed by atoms with E-state index in [1.54, 1.807) is 17.9 Å². The molecule has 2 amide bonds. The van der Waals surface area contributed by atoms with Crippen LogP contribution in [0.5, 0.6) is 5.75 Å². The molecule has 0 unspecified atom stereocenters. The molecular formula is C26H32N6O6. The molecule has 202 valence electrons. The number of nitro groups is 1. The van der Waals surface area contributed by atoms with E-state index in [4.69, 9.17) is 9.47 Å². The summed E-state index contributed by atoms with van der Waals surface area (Å²) in [6.07, 6.45) is 0. The molecule has 0 bridgehead atoms. The van der Waals surface area contributed by atoms with Gasteiger partial charge in [-0.3, -0.25) is 29.3 Å². The highest BCUT2D eigenvalue weighted by Crippen LogP contribution is 2.28. The van der Waals surface area contributed by atoms with Crippen LogP contribution < -0.4 is 15.4 Å². The molecule has 2 N–H and O–H groups in total. The summed E-state index contributed by atoms with van der Waals surface area (Å²) in [6.45, 7) is 7.99. The highest BCUT2D eigenvalue weighted by atomic mass is 16.6. The lowest BCUT2D eigenvalue weighted by atomic mass is 10.0. The number of morpholine rings is 1. The molecule has 0 saturated carbocycles. The molecule has 1 fully saturated rings. The number of para-hydroxylation sites is 1. The molecule has 38 heavy (non-hydrogen) atoms. The predicted octanol–water partition coefficient (Wildman–Crippen LogP) is 2.68. The number of anilines is 1. The fraction of sp³-hybridized carbons (Fsp3) is 0.423. The molecule has 4 rings (SSSR count). The van der Waals surface area contributed by atoms with Gasteiger partial charge >= 0.3 is 0 Å². The summed E-state index contributed by atoms with van der Waals surface area (Å²) in [6, 6.07) is 10.1. The molecule has 12 heteroatoms. The topological polar surface area (TPSA) is 141 Å². The van der Waals surface area contributed by atoms with Crippen molar-refractivity contribution in [3.63, 3.8) is 0 Å². The van der Waals surface area contributed by atoms with Gasteiger partial charge in [-0.2, -0.15) is 5.10 Å². The Hall–Kier alpha value is -4.03. The summed E-state index contributed by atoms with van der Waals surface area (Å²) in [5.41, 5.74) is 1.23. The van der Waals surface area contributed by atoms with Crippen LogP contribution in [-0.2, 0) is 16.1 Å². The van der Waals surface area contributed by atoms with Crippen molar-refractivity contribution in [1.29, 1.82) is 0 Å². The van der Waals surface area contributed by atoms with Gasteiger partial charge in [0, 0.05) is 42.8 Å². The van der Waals surface area contributed by atoms with E-state index in [0.29, 0.717) is 42.1 Å². The van der Waals surface area contributed by atoms with Crippen molar-refractivity contribution in [2.45, 2.75) is 26.4 Å². The predicted molar refractivity (Wildman–Crippen MR) is 141 cm³/mol. The van der Waals surface area contributed by atoms with Crippen LogP contribution in [0.25, 0.3) is 10.9 Å². The number of fused-ring (bicyclic) bond motifs is 1. The van der Waals surface area contributed by atoms with Crippen LogP contribution in [0.1, 0.15) is 24.3 Å². The normalized spacial score (nSPS) is 14.8. The SMILES string of the molecule is COc1cccc2c(C(=O)N[C@H](C(=O)Nc3ccc([N+](=O)[O-])cc3)C(C)C)nn(CCN3CCOCC3)c12. The molecule has 1 atom stereocenters. The number of carbonyl (C=O) groups excluding carboxylic acids is 2. The van der Waals surface area contributed by atoms with Crippen molar-refractivity contribution in [3.8, 4) is 5.75 Å². The molecule has 1 aromatic heterocycles. The molecular weight excluding hydrogens is 492 g/mol. The Labute approximate surface area is 220 Å². The Bertz CT molecular complexity index is 1300. The lowest BCUT2D eigenvalue weighted by molar-refractivity contribution is -0.384. The standard InChI is InChI=1S/C26H32N6O6/c1-17(2)22(25(33)27-18-7-9-19(10-8-18)32(35)36)28-26(34)23-20-5-4-6-21(37-3)24(20)31(29-23)12-11-30-13-15-38-16-14-30/h4-10,17,22H,11-16H2,1-3H3,(H,27,33)(H,28,34)/t22-/m0/s1. The monoisotopic (exact) mass is 524 g/mol. The van der Waals surface area contributed by atoms with Crippen LogP contribution in [0.2, 0.25) is 0 Å². The number of amides is 2. The second-order valence-electron chi connectivity index (χ2n) is 9.37. The van der Waals surface area contributed by atoms with Crippen LogP contribution in [-0.4, -0.2) is 77.4 Å². The number of methoxy groups -OCH3 is 1. The van der Waals surface area contributed by atoms with Crippen LogP contribution >= 0.6 is 0 Å². The number of nitro benzene ring substituents is 1. The number of hydrogen-bond donors (Lipinski definition) is 2. The van der Waals surface area contributed by atoms with Gasteiger partial charge in [0.1, 0.15) is 17.3 Å². The van der Waals surface area contributed by atoms with E-state index in [1.807, 2.05) is 26.0 Å². The van der Waals surface area contributed by atoms with E-state index >= 15 is 0 Å². The van der Waals surface area contributed by atoms with E-state index < -0.39 is 22.8 Å². The molecule has 2 heterocycles. The summed E-state index contributed by atoms with van der Waals surface area (Å²) in [7, 11) is 1.57. The Balaban J connectivity index is 1.54. The van der Waals surface area contributed by atoms with Gasteiger partial charge in [-0.15, -0.1) is 0 Å². The number of rotatable bonds is 10. The molecule has 1 aliphatic heterocycles. The third-order valence-electron chi connectivity index (χ3n) is 6.48. The second-order valence-corrected chi connectivity index (χ2v) is 9.37. The summed E-state index contributed by atoms with van der Waals surface area (Å²) >= 11 is 0. The molecule has 0 radical (unpaired) electrons. The summed E-state index contributed by atoms with van der Waals surface area (Å²) in [5, 5.41) is 21.7. The van der Waals surface area contributed by atoms with Gasteiger partial charge in [0.05, 0.1) is 31.8 Å². The molecule has 0 aliphatic carbocycles. The maximum Gasteiger partial charge on any atom is 0.273 e. The van der Waals surface area contributed by atoms with E-state index in [-0.39, 0.29) is 17.3 Å². The first-order valence-corrected chi connectivity index (χ1v) is 12.5. The average Bonchev–Trinajstić information content (AvgIpc) is 3.30. The van der Waals surface area contributed by atoms with Crippen LogP contribution in [0.3, 0.4) is 0 Å². The number of carbonyl (C=O) groups is 2. The number of ether oxygens (including phenoxy) is 2. The highest BCUT2D eigenvalue weighted by molar-refractivity contribution is 6.08. The maximum atomic E-state index is 13.5. The van der Waals surface area contributed by atoms with Crippen LogP contribution in [0, 0.1) is 16.0 Å². The Morgan fingerprint density at radius 2 is 1.84 bits per heavy atom. The quantitative estimate of drug-likeness (QED) is 0.305. The van der Waals surface area contributed by atoms with E-state index in [0.717, 1.165) is 19.6 Å². The fourth-order valence-electron chi connectivity index (χ4n) is 4.39. The lowest BCUT2D eigenvalue weighted by Crippen LogP contribution is -2.47. The van der Waals surface area contributed by atoms with Gasteiger partial charge in [-0.1, -0.05) is 26.0 Å². The zero-order chi connectivity index (χ0) is 27.2. The molecule has 1 aliphatic rings. The zero-order valence-electron chi connectivity index (χ0n) is 21.7. The van der Waals surface area contributed by atoms with E-state index in [1.165, 1.54) is 24.3 Å². The Morgan fingerprint density at radius 1 is 1.13 bits per heavy atom. The maximum absolute atomic E-state index is 13.5. The highest BCUT2D eigenvalue weighted by Gasteiger charge is 2.28. The van der Waals surface area contributed by atoms with Crippen molar-refractivity contribution in [3.05, 3.63) is 58.3 Å². The van der Waals surface area contributed by atoms with E-state index in [2.05, 4.69) is 20.6 Å². The summed E-state index contributed by atoms with van der Waals surface area (Å²) in [4.78, 5) is 39.2. The summed E-state index contributed by atoms with van der Waals surface area (Å²) < 4.78 is 12.8. The third kappa shape index (κ3) is 6.09. The largest absolute Gasteiger partial charge is 0.494 e. The smallest absolute Gasteiger partial charge is 0.273 e. The van der Waals surface area contributed by atoms with Gasteiger partial charge in [-0.05, 0) is 24.1 Å². The van der Waals surface area contributed by atoms with Gasteiger partial charge in [-0.25, -0.2) is 0 Å². The van der Waals surface area contributed by atoms with Crippen molar-refractivity contribution in [1.82, 2.24) is 20.0 Å². The zero-order valence-corrected chi connectivity index (χ0v) is 21.7. The minimum absolute atomic E-state index is 0.0803. The second kappa shape index (κ2) is 12.0. The first-order chi connectivity index (χ1) is 18.3. The van der Waals surface area contributed by atoms with Gasteiger partial charge in [0.2, 0.25) is 5.91 Å². The lowest BCUT2D eigenvalue weighted by Gasteiger charge is -2.26. The number of aromatic nitrogens is 2. The number of nitrogens with zero attached hydrogens (tertiary/aromatic N) is 4. The van der Waals surface area contributed by atoms with Crippen LogP contribution in [0.4, 0.5) is 11.4 Å². The fourth-order valence-corrected chi connectivity index (χ4v) is 4.39. The molecule has 3 aromatic rings. The molecule has 12 nitrogen and oxygen atoms in total. The first kappa shape index (κ1) is 27.0. The van der Waals surface area contributed by atoms with Crippen molar-refractivity contribution >= 4 is 34.1 Å². The van der Waals surface area contributed by atoms with Gasteiger partial charge < -0.3 is 20.1 Å². The number of benzene rings is 2. The molecule has 1 saturated heterocycles. The molecule has 0 spiro atoms. The summed E-state index contributed by atoms with van der Waals surface area (Å²) in [5.74, 6) is -0.546. The van der Waals surface area contributed by atoms with Crippen LogP contribution in [0.15, 0.2) is 42.5 Å². The minimum Gasteiger partial charge on any atom is -0.494 e. The minimum atomic E-state index is -0.864. The Kier molecular flexibility index (Phi) is 8.54. The van der Waals surface area contributed by atoms with Crippen molar-refractivity contribution in [2.24, 2.45) is 5.92 Å². The first-order valence-electron chi connectivity index (χ1n) is 12.5. The van der Waals surface area contributed by atoms with Crippen molar-refractivity contribution in [2.75, 3.05) is 45.3 Å². The van der Waals surface area contributed by atoms with Crippen molar-refractivity contribution < 1.29 is 24.0 Å². The third-order valence-corrected chi connectivity index (χ3v) is 6.48. The number of hydrogen-bond acceptors (Lipinski definition) is 8. The van der Waals surface area contributed by atoms with Gasteiger partial charge in [0.25, 0.3) is 11.6 Å². The average molecular weight is 525 g/mol. The van der Waals surface area contributed by atoms with E-state index in [9.17, 15) is 19.7 Å². The number of nitrogens with one attached hydrogen (secondary N) is 2. The van der Waals surface area contributed by atoms with Gasteiger partial charge in [0.15, 0.2) is 5.69 Å².